The van der Waals surface area contributed by atoms with E-state index in [0.717, 1.165) is 5.56 Å². The second kappa shape index (κ2) is 9.48. The summed E-state index contributed by atoms with van der Waals surface area (Å²) < 4.78 is 3.03. The van der Waals surface area contributed by atoms with Gasteiger partial charge >= 0.3 is 5.97 Å². The molecule has 1 rings (SSSR count). The molecule has 2 atom stereocenters. The lowest BCUT2D eigenvalue weighted by Crippen LogP contribution is -2.50. The Morgan fingerprint density at radius 1 is 1.18 bits per heavy atom. The molecule has 1 aromatic carbocycles. The molecule has 2 unspecified atom stereocenters. The van der Waals surface area contributed by atoms with Crippen molar-refractivity contribution in [2.75, 3.05) is 6.26 Å². The lowest BCUT2D eigenvalue weighted by molar-refractivity contribution is -0.142. The second-order valence-electron chi connectivity index (χ2n) is 5.59. The summed E-state index contributed by atoms with van der Waals surface area (Å²) in [6.45, 7) is 4.06. The first-order valence-corrected chi connectivity index (χ1v) is 8.52. The predicted octanol–water partition coefficient (Wildman–Crippen LogP) is 2.08. The number of carbonyl (C=O) groups excluding carboxylic acids is 1. The summed E-state index contributed by atoms with van der Waals surface area (Å²) in [6, 6.07) is 7.97. The quantitative estimate of drug-likeness (QED) is 0.606. The monoisotopic (exact) mass is 324 g/mol. The van der Waals surface area contributed by atoms with E-state index < -0.39 is 18.1 Å². The molecule has 0 heterocycles. The maximum atomic E-state index is 12.3. The molecule has 3 N–H and O–H groups in total. The van der Waals surface area contributed by atoms with E-state index >= 15 is 0 Å². The molecule has 1 aromatic rings. The van der Waals surface area contributed by atoms with Crippen LogP contribution in [0.25, 0.3) is 0 Å². The molecule has 0 fully saturated rings. The molecule has 0 spiro atoms. The van der Waals surface area contributed by atoms with Gasteiger partial charge in [-0.3, -0.25) is 9.52 Å². The predicted molar refractivity (Wildman–Crippen MR) is 89.6 cm³/mol. The molecule has 0 aliphatic rings. The summed E-state index contributed by atoms with van der Waals surface area (Å²) in [5, 5.41) is 12.0. The smallest absolute Gasteiger partial charge is 0.326 e. The van der Waals surface area contributed by atoms with E-state index in [1.165, 1.54) is 11.9 Å². The summed E-state index contributed by atoms with van der Waals surface area (Å²) >= 11 is 1.36. The summed E-state index contributed by atoms with van der Waals surface area (Å²) in [4.78, 5) is 23.7. The van der Waals surface area contributed by atoms with E-state index in [-0.39, 0.29) is 12.3 Å². The van der Waals surface area contributed by atoms with Gasteiger partial charge in [0.05, 0.1) is 6.04 Å². The van der Waals surface area contributed by atoms with Gasteiger partial charge in [0.1, 0.15) is 6.04 Å². The Hall–Kier alpha value is -1.53. The van der Waals surface area contributed by atoms with Crippen molar-refractivity contribution in [1.82, 2.24) is 10.0 Å². The normalized spacial score (nSPS) is 13.6. The molecule has 0 aliphatic heterocycles. The van der Waals surface area contributed by atoms with Gasteiger partial charge < -0.3 is 10.4 Å². The number of carboxylic acids is 1. The minimum absolute atomic E-state index is 0.272. The average Bonchev–Trinajstić information content (AvgIpc) is 2.46. The van der Waals surface area contributed by atoms with E-state index in [2.05, 4.69) is 10.0 Å². The fraction of sp³-hybridized carbons (Fsp3) is 0.500. The molecule has 0 radical (unpaired) electrons. The Bertz CT molecular complexity index is 480. The van der Waals surface area contributed by atoms with Crippen LogP contribution in [0.1, 0.15) is 25.8 Å². The Balaban J connectivity index is 2.72. The van der Waals surface area contributed by atoms with Crippen molar-refractivity contribution in [3.63, 3.8) is 0 Å². The van der Waals surface area contributed by atoms with Gasteiger partial charge in [0.2, 0.25) is 5.91 Å². The first-order valence-electron chi connectivity index (χ1n) is 7.29. The number of hydrogen-bond donors (Lipinski definition) is 3. The summed E-state index contributed by atoms with van der Waals surface area (Å²) in [5.41, 5.74) is 0.883. The van der Waals surface area contributed by atoms with Crippen LogP contribution in [0.15, 0.2) is 30.3 Å². The Morgan fingerprint density at radius 3 is 2.32 bits per heavy atom. The van der Waals surface area contributed by atoms with E-state index in [9.17, 15) is 14.7 Å². The average molecular weight is 324 g/mol. The second-order valence-corrected chi connectivity index (χ2v) is 6.24. The van der Waals surface area contributed by atoms with Gasteiger partial charge in [-0.15, -0.1) is 0 Å². The molecular weight excluding hydrogens is 300 g/mol. The van der Waals surface area contributed by atoms with Crippen molar-refractivity contribution >= 4 is 23.8 Å². The van der Waals surface area contributed by atoms with Gasteiger partial charge in [-0.2, -0.15) is 0 Å². The van der Waals surface area contributed by atoms with Gasteiger partial charge in [-0.05, 0) is 24.2 Å². The third-order valence-corrected chi connectivity index (χ3v) is 3.70. The number of hydrogen-bond acceptors (Lipinski definition) is 4. The molecule has 0 saturated heterocycles. The Morgan fingerprint density at radius 2 is 1.82 bits per heavy atom. The third kappa shape index (κ3) is 6.49. The van der Waals surface area contributed by atoms with E-state index in [1.54, 1.807) is 0 Å². The molecule has 122 valence electrons. The van der Waals surface area contributed by atoms with Crippen molar-refractivity contribution < 1.29 is 14.7 Å². The fourth-order valence-electron chi connectivity index (χ4n) is 2.14. The highest BCUT2D eigenvalue weighted by atomic mass is 32.2. The van der Waals surface area contributed by atoms with Gasteiger partial charge in [0, 0.05) is 6.42 Å². The lowest BCUT2D eigenvalue weighted by atomic mass is 10.0. The zero-order chi connectivity index (χ0) is 16.5. The minimum atomic E-state index is -1.02. The van der Waals surface area contributed by atoms with E-state index in [4.69, 9.17) is 0 Å². The van der Waals surface area contributed by atoms with Crippen LogP contribution in [-0.4, -0.2) is 35.3 Å². The maximum absolute atomic E-state index is 12.3. The van der Waals surface area contributed by atoms with Crippen molar-refractivity contribution in [1.29, 1.82) is 0 Å². The van der Waals surface area contributed by atoms with Crippen LogP contribution in [0.2, 0.25) is 0 Å². The Labute approximate surface area is 136 Å². The molecule has 5 nitrogen and oxygen atoms in total. The Kier molecular flexibility index (Phi) is 7.98. The van der Waals surface area contributed by atoms with Gasteiger partial charge in [-0.25, -0.2) is 4.79 Å². The highest BCUT2D eigenvalue weighted by Gasteiger charge is 2.25. The number of rotatable bonds is 9. The number of amides is 1. The number of benzene rings is 1. The minimum Gasteiger partial charge on any atom is -0.480 e. The summed E-state index contributed by atoms with van der Waals surface area (Å²) in [7, 11) is 0. The number of carbonyl (C=O) groups is 2. The summed E-state index contributed by atoms with van der Waals surface area (Å²) in [5.74, 6) is -0.955. The van der Waals surface area contributed by atoms with Crippen LogP contribution < -0.4 is 10.0 Å². The molecule has 22 heavy (non-hydrogen) atoms. The highest BCUT2D eigenvalue weighted by Crippen LogP contribution is 2.09. The van der Waals surface area contributed by atoms with E-state index in [1.807, 2.05) is 50.4 Å². The molecule has 0 aliphatic carbocycles. The van der Waals surface area contributed by atoms with Crippen LogP contribution in [0.3, 0.4) is 0 Å². The highest BCUT2D eigenvalue weighted by molar-refractivity contribution is 7.96. The van der Waals surface area contributed by atoms with Crippen LogP contribution in [0.4, 0.5) is 0 Å². The summed E-state index contributed by atoms with van der Waals surface area (Å²) in [6.07, 6.45) is 2.78. The van der Waals surface area contributed by atoms with Gasteiger partial charge in [-0.1, -0.05) is 56.1 Å². The standard InChI is InChI=1S/C16H24N2O3S/c1-11(2)9-13(18-22-3)15(19)17-14(16(20)21)10-12-7-5-4-6-8-12/h4-8,11,13-14,18H,9-10H2,1-3H3,(H,17,19)(H,20,21). The number of carboxylic acid groups (broad SMARTS) is 1. The third-order valence-electron chi connectivity index (χ3n) is 3.18. The van der Waals surface area contributed by atoms with Crippen molar-refractivity contribution in [3.8, 4) is 0 Å². The van der Waals surface area contributed by atoms with Crippen LogP contribution in [0, 0.1) is 5.92 Å². The SMILES string of the molecule is CSNC(CC(C)C)C(=O)NC(Cc1ccccc1)C(=O)O. The lowest BCUT2D eigenvalue weighted by Gasteiger charge is -2.22. The zero-order valence-corrected chi connectivity index (χ0v) is 14.0. The zero-order valence-electron chi connectivity index (χ0n) is 13.2. The van der Waals surface area contributed by atoms with Crippen molar-refractivity contribution in [3.05, 3.63) is 35.9 Å². The van der Waals surface area contributed by atoms with Crippen molar-refractivity contribution in [2.45, 2.75) is 38.8 Å². The first-order chi connectivity index (χ1) is 10.4. The van der Waals surface area contributed by atoms with Crippen LogP contribution in [-0.2, 0) is 16.0 Å². The topological polar surface area (TPSA) is 78.4 Å². The molecule has 0 saturated carbocycles. The molecule has 0 aromatic heterocycles. The first kappa shape index (κ1) is 18.5. The van der Waals surface area contributed by atoms with Crippen molar-refractivity contribution in [2.24, 2.45) is 5.92 Å². The molecular formula is C16H24N2O3S. The van der Waals surface area contributed by atoms with Crippen LogP contribution in [0.5, 0.6) is 0 Å². The molecule has 6 heteroatoms. The number of nitrogens with one attached hydrogen (secondary N) is 2. The maximum Gasteiger partial charge on any atom is 0.326 e. The largest absolute Gasteiger partial charge is 0.480 e. The van der Waals surface area contributed by atoms with E-state index in [0.29, 0.717) is 12.3 Å². The number of aliphatic carboxylic acids is 1. The van der Waals surface area contributed by atoms with Gasteiger partial charge in [0.25, 0.3) is 0 Å². The fourth-order valence-corrected chi connectivity index (χ4v) is 2.63. The van der Waals surface area contributed by atoms with Crippen LogP contribution >= 0.6 is 11.9 Å². The van der Waals surface area contributed by atoms with Gasteiger partial charge in [0.15, 0.2) is 0 Å². The molecule has 0 bridgehead atoms. The molecule has 1 amide bonds.